The van der Waals surface area contributed by atoms with E-state index >= 15 is 0 Å². The maximum absolute atomic E-state index is 13.3. The number of para-hydroxylation sites is 2. The standard InChI is InChI=1S/C19H21N3O4S/c1-25-18-8-4-3-7-15(18)17-12-20-10-11-22(17)27(23,24)13-16-14-6-2-5-9-19(14)26-21-16/h2-9,17,20H,10-13H2,1H3. The van der Waals surface area contributed by atoms with Crippen LogP contribution in [0, 0.1) is 0 Å². The lowest BCUT2D eigenvalue weighted by atomic mass is 10.0. The van der Waals surface area contributed by atoms with Crippen molar-refractivity contribution in [2.75, 3.05) is 26.7 Å². The van der Waals surface area contributed by atoms with Crippen LogP contribution in [0.4, 0.5) is 0 Å². The average Bonchev–Trinajstić information content (AvgIpc) is 3.10. The lowest BCUT2D eigenvalue weighted by molar-refractivity contribution is 0.264. The molecule has 1 aromatic heterocycles. The summed E-state index contributed by atoms with van der Waals surface area (Å²) in [5.41, 5.74) is 1.87. The fourth-order valence-electron chi connectivity index (χ4n) is 3.52. The van der Waals surface area contributed by atoms with Crippen molar-refractivity contribution >= 4 is 21.0 Å². The minimum atomic E-state index is -3.60. The summed E-state index contributed by atoms with van der Waals surface area (Å²) >= 11 is 0. The summed E-state index contributed by atoms with van der Waals surface area (Å²) in [5, 5.41) is 7.99. The van der Waals surface area contributed by atoms with E-state index in [4.69, 9.17) is 9.26 Å². The molecular weight excluding hydrogens is 366 g/mol. The minimum Gasteiger partial charge on any atom is -0.496 e. The molecule has 142 valence electrons. The lowest BCUT2D eigenvalue weighted by Gasteiger charge is -2.35. The van der Waals surface area contributed by atoms with E-state index in [9.17, 15) is 8.42 Å². The predicted molar refractivity (Wildman–Crippen MR) is 102 cm³/mol. The normalized spacial score (nSPS) is 18.6. The van der Waals surface area contributed by atoms with Crippen LogP contribution < -0.4 is 10.1 Å². The molecule has 7 nitrogen and oxygen atoms in total. The van der Waals surface area contributed by atoms with Gasteiger partial charge in [-0.3, -0.25) is 0 Å². The maximum atomic E-state index is 13.3. The summed E-state index contributed by atoms with van der Waals surface area (Å²) in [6.07, 6.45) is 0. The van der Waals surface area contributed by atoms with Crippen LogP contribution in [0.2, 0.25) is 0 Å². The zero-order valence-electron chi connectivity index (χ0n) is 15.0. The van der Waals surface area contributed by atoms with Gasteiger partial charge in [0, 0.05) is 30.6 Å². The molecule has 0 saturated carbocycles. The highest BCUT2D eigenvalue weighted by Crippen LogP contribution is 2.33. The van der Waals surface area contributed by atoms with Gasteiger partial charge in [0.15, 0.2) is 5.58 Å². The molecule has 2 heterocycles. The third-order valence-corrected chi connectivity index (χ3v) is 6.61. The molecule has 0 spiro atoms. The molecule has 1 aliphatic heterocycles. The molecule has 0 amide bonds. The molecule has 1 unspecified atom stereocenters. The molecule has 0 aliphatic carbocycles. The molecule has 0 bridgehead atoms. The number of methoxy groups -OCH3 is 1. The smallest absolute Gasteiger partial charge is 0.220 e. The second-order valence-corrected chi connectivity index (χ2v) is 8.38. The van der Waals surface area contributed by atoms with Crippen LogP contribution in [0.25, 0.3) is 11.0 Å². The molecule has 3 aromatic rings. The summed E-state index contributed by atoms with van der Waals surface area (Å²) in [6, 6.07) is 14.5. The van der Waals surface area contributed by atoms with Gasteiger partial charge in [-0.2, -0.15) is 4.31 Å². The van der Waals surface area contributed by atoms with Crippen LogP contribution in [0.3, 0.4) is 0 Å². The van der Waals surface area contributed by atoms with E-state index in [1.807, 2.05) is 42.5 Å². The fourth-order valence-corrected chi connectivity index (χ4v) is 5.19. The van der Waals surface area contributed by atoms with E-state index < -0.39 is 10.0 Å². The molecule has 1 saturated heterocycles. The molecule has 2 aromatic carbocycles. The average molecular weight is 387 g/mol. The number of piperazine rings is 1. The van der Waals surface area contributed by atoms with Gasteiger partial charge >= 0.3 is 0 Å². The SMILES string of the molecule is COc1ccccc1C1CNCCN1S(=O)(=O)Cc1noc2ccccc12. The fraction of sp³-hybridized carbons (Fsp3) is 0.316. The lowest BCUT2D eigenvalue weighted by Crippen LogP contribution is -2.49. The second kappa shape index (κ2) is 7.30. The Bertz CT molecular complexity index is 1050. The Labute approximate surface area is 158 Å². The highest BCUT2D eigenvalue weighted by molar-refractivity contribution is 7.88. The van der Waals surface area contributed by atoms with E-state index in [0.29, 0.717) is 36.7 Å². The number of sulfonamides is 1. The predicted octanol–water partition coefficient (Wildman–Crippen LogP) is 2.31. The van der Waals surface area contributed by atoms with Crippen molar-refractivity contribution in [1.82, 2.24) is 14.8 Å². The summed E-state index contributed by atoms with van der Waals surface area (Å²) in [6.45, 7) is 1.52. The highest BCUT2D eigenvalue weighted by atomic mass is 32.2. The molecule has 0 radical (unpaired) electrons. The third kappa shape index (κ3) is 3.43. The van der Waals surface area contributed by atoms with Crippen LogP contribution in [0.15, 0.2) is 53.1 Å². The number of nitrogens with one attached hydrogen (secondary N) is 1. The quantitative estimate of drug-likeness (QED) is 0.723. The zero-order valence-corrected chi connectivity index (χ0v) is 15.8. The van der Waals surface area contributed by atoms with E-state index in [2.05, 4.69) is 10.5 Å². The first-order chi connectivity index (χ1) is 13.1. The van der Waals surface area contributed by atoms with Crippen LogP contribution in [-0.2, 0) is 15.8 Å². The Morgan fingerprint density at radius 1 is 1.22 bits per heavy atom. The van der Waals surface area contributed by atoms with Crippen LogP contribution in [0.1, 0.15) is 17.3 Å². The molecule has 4 rings (SSSR count). The summed E-state index contributed by atoms with van der Waals surface area (Å²) in [7, 11) is -2.01. The first-order valence-corrected chi connectivity index (χ1v) is 10.4. The Balaban J connectivity index is 1.68. The molecular formula is C19H21N3O4S. The number of hydrogen-bond donors (Lipinski definition) is 1. The van der Waals surface area contributed by atoms with Crippen molar-refractivity contribution in [3.05, 3.63) is 59.8 Å². The number of benzene rings is 2. The van der Waals surface area contributed by atoms with Gasteiger partial charge < -0.3 is 14.6 Å². The Kier molecular flexibility index (Phi) is 4.86. The van der Waals surface area contributed by atoms with Crippen LogP contribution >= 0.6 is 0 Å². The van der Waals surface area contributed by atoms with Crippen molar-refractivity contribution in [2.45, 2.75) is 11.8 Å². The van der Waals surface area contributed by atoms with Crippen molar-refractivity contribution in [3.8, 4) is 5.75 Å². The number of nitrogens with zero attached hydrogens (tertiary/aromatic N) is 2. The van der Waals surface area contributed by atoms with Crippen molar-refractivity contribution in [1.29, 1.82) is 0 Å². The van der Waals surface area contributed by atoms with Gasteiger partial charge in [0.2, 0.25) is 10.0 Å². The van der Waals surface area contributed by atoms with Gasteiger partial charge in [-0.25, -0.2) is 8.42 Å². The van der Waals surface area contributed by atoms with Gasteiger partial charge in [0.1, 0.15) is 17.2 Å². The van der Waals surface area contributed by atoms with Gasteiger partial charge in [0.25, 0.3) is 0 Å². The number of ether oxygens (including phenoxy) is 1. The number of rotatable bonds is 5. The van der Waals surface area contributed by atoms with Gasteiger partial charge in [0.05, 0.1) is 13.2 Å². The molecule has 1 fully saturated rings. The summed E-state index contributed by atoms with van der Waals surface area (Å²) < 4.78 is 38.8. The molecule has 1 atom stereocenters. The summed E-state index contributed by atoms with van der Waals surface area (Å²) in [4.78, 5) is 0. The monoisotopic (exact) mass is 387 g/mol. The minimum absolute atomic E-state index is 0.199. The molecule has 8 heteroatoms. The van der Waals surface area contributed by atoms with Gasteiger partial charge in [-0.15, -0.1) is 0 Å². The largest absolute Gasteiger partial charge is 0.496 e. The Morgan fingerprint density at radius 3 is 2.85 bits per heavy atom. The van der Waals surface area contributed by atoms with E-state index in [1.165, 1.54) is 0 Å². The van der Waals surface area contributed by atoms with Crippen LogP contribution in [-0.4, -0.2) is 44.6 Å². The zero-order chi connectivity index (χ0) is 18.9. The molecule has 27 heavy (non-hydrogen) atoms. The van der Waals surface area contributed by atoms with Gasteiger partial charge in [-0.05, 0) is 18.2 Å². The maximum Gasteiger partial charge on any atom is 0.220 e. The Hall–Kier alpha value is -2.42. The molecule has 1 N–H and O–H groups in total. The third-order valence-electron chi connectivity index (χ3n) is 4.82. The summed E-state index contributed by atoms with van der Waals surface area (Å²) in [5.74, 6) is 0.480. The van der Waals surface area contributed by atoms with E-state index in [0.717, 1.165) is 10.9 Å². The van der Waals surface area contributed by atoms with Crippen LogP contribution in [0.5, 0.6) is 5.75 Å². The van der Waals surface area contributed by atoms with E-state index in [-0.39, 0.29) is 11.8 Å². The van der Waals surface area contributed by atoms with Gasteiger partial charge in [-0.1, -0.05) is 35.5 Å². The van der Waals surface area contributed by atoms with Crippen molar-refractivity contribution < 1.29 is 17.7 Å². The number of fused-ring (bicyclic) bond motifs is 1. The second-order valence-electron chi connectivity index (χ2n) is 6.45. The Morgan fingerprint density at radius 2 is 2.00 bits per heavy atom. The number of hydrogen-bond acceptors (Lipinski definition) is 6. The molecule has 1 aliphatic rings. The van der Waals surface area contributed by atoms with E-state index in [1.54, 1.807) is 17.5 Å². The first kappa shape index (κ1) is 18.0. The topological polar surface area (TPSA) is 84.7 Å². The number of aromatic nitrogens is 1. The van der Waals surface area contributed by atoms with Crippen molar-refractivity contribution in [2.24, 2.45) is 0 Å². The highest BCUT2D eigenvalue weighted by Gasteiger charge is 2.35. The van der Waals surface area contributed by atoms with Crippen molar-refractivity contribution in [3.63, 3.8) is 0 Å². The first-order valence-electron chi connectivity index (χ1n) is 8.76.